The molecule has 0 radical (unpaired) electrons. The largest absolute Gasteiger partial charge is 0.490 e. The summed E-state index contributed by atoms with van der Waals surface area (Å²) in [5.41, 5.74) is -3.70. The number of rotatable bonds is 20. The highest BCUT2D eigenvalue weighted by Gasteiger charge is 2.52. The Morgan fingerprint density at radius 2 is 1.33 bits per heavy atom. The van der Waals surface area contributed by atoms with Crippen molar-refractivity contribution in [1.29, 1.82) is 0 Å². The van der Waals surface area contributed by atoms with Gasteiger partial charge in [-0.3, -0.25) is 57.5 Å². The van der Waals surface area contributed by atoms with Crippen LogP contribution in [0.4, 0.5) is 22.0 Å². The van der Waals surface area contributed by atoms with Crippen LogP contribution in [0.25, 0.3) is 0 Å². The smallest absolute Gasteiger partial charge is 0.422 e. The highest BCUT2D eigenvalue weighted by molar-refractivity contribution is 6.01. The fourth-order valence-electron chi connectivity index (χ4n) is 14.9. The molecule has 4 fully saturated rings. The molecule has 0 unspecified atom stereocenters. The molecule has 4 aliphatic rings. The number of likely N-dealkylation sites (N-methyl/N-ethyl adjacent to an activating group) is 7. The van der Waals surface area contributed by atoms with Gasteiger partial charge in [0.1, 0.15) is 77.4 Å². The number of aryl methyl sites for hydroxylation is 1. The normalized spacial score (nSPS) is 24.3. The van der Waals surface area contributed by atoms with Crippen molar-refractivity contribution >= 4 is 70.9 Å². The van der Waals surface area contributed by atoms with Gasteiger partial charge in [0.05, 0.1) is 32.2 Å². The summed E-state index contributed by atoms with van der Waals surface area (Å²) in [7, 11) is 11.0. The van der Waals surface area contributed by atoms with Gasteiger partial charge in [0.2, 0.25) is 70.9 Å². The first kappa shape index (κ1) is 87.9. The van der Waals surface area contributed by atoms with Crippen molar-refractivity contribution < 1.29 is 89.0 Å². The molecule has 2 aromatic rings. The lowest BCUT2D eigenvalue weighted by Crippen LogP contribution is -2.65. The molecular weight excluding hydrogens is 1410 g/mol. The van der Waals surface area contributed by atoms with Gasteiger partial charge in [0.25, 0.3) is 0 Å². The van der Waals surface area contributed by atoms with Crippen molar-refractivity contribution in [1.82, 2.24) is 60.0 Å². The SMILES string of the molecule is C=CCCC[C@H]1C(=O)N[C@@H]([C@@H](C)CC)C(=O)N(C)CC(=O)N(C)CC(=O)N(CCC)[C@@H](Cc2ccc(OCC=C)cc2)C(=O)N(C)CC(=O)N[C@@H](CCc2cc(F)c(C(F)(F)F)c(F)c2)C(=O)N2C[C@H](OCC)C[C@H]2C(=O)NC2(CCCC2)C(=O)N(C)[C@@H](C2CCCC2)C(=O)N(C)[C@H](C(=O)N(C)C)CC(=O)N1C. The monoisotopic (exact) mass is 1520 g/mol. The van der Waals surface area contributed by atoms with Crippen LogP contribution in [-0.4, -0.2) is 271 Å². The molecule has 3 N–H and O–H groups in total. The number of nitrogens with one attached hydrogen (secondary N) is 3. The second kappa shape index (κ2) is 39.9. The fraction of sp³-hybridized carbons (Fsp3) is 0.636. The van der Waals surface area contributed by atoms with E-state index < -0.39 is 199 Å². The van der Waals surface area contributed by atoms with Crippen LogP contribution >= 0.6 is 0 Å². The van der Waals surface area contributed by atoms with Gasteiger partial charge in [-0.05, 0) is 118 Å². The summed E-state index contributed by atoms with van der Waals surface area (Å²) in [6, 6.07) is -2.44. The van der Waals surface area contributed by atoms with E-state index in [1.54, 1.807) is 64.1 Å². The fourth-order valence-corrected chi connectivity index (χ4v) is 14.9. The highest BCUT2D eigenvalue weighted by atomic mass is 19.4. The first-order chi connectivity index (χ1) is 51.0. The van der Waals surface area contributed by atoms with Crippen molar-refractivity contribution in [3.8, 4) is 5.75 Å². The second-order valence-electron chi connectivity index (χ2n) is 29.3. The molecule has 2 aromatic carbocycles. The number of carbonyl (C=O) groups excluding carboxylic acids is 12. The van der Waals surface area contributed by atoms with Gasteiger partial charge in [-0.2, -0.15) is 13.2 Å². The standard InChI is InChI=1S/C77H111F5N12O14/c1-15-20-21-28-57-68(99)84-66(48(6)18-4)73(104)89(11)46-63(97)87(9)47-64(98)93(37-16-2)60(41-49-29-32-52(33-30-49)108-38-17-3)72(103)88(10)45-61(95)83-56(34-31-50-39-54(78)65(55(79)40-50)77(80,81)82)70(101)94-44-53(107-19-5)42-58(94)69(100)85-76(35-24-25-36-76)75(106)92(14)67(51-26-22-23-27-51)74(105)91(13)59(71(102)86(7)8)43-62(96)90(57)12/h15,17,29-30,32-33,39-40,48,51,53,56-60,66-67H,1,3,16,18-28,31,34-38,41-47H2,2,4-14H3,(H,83,95)(H,84,99)(H,85,100)/t48-,53+,56-,57-,58-,59-,60-,66-,67-/m0/s1. The van der Waals surface area contributed by atoms with E-state index in [0.717, 1.165) is 24.5 Å². The minimum absolute atomic E-state index is 0.0546. The molecule has 2 aliphatic heterocycles. The maximum Gasteiger partial charge on any atom is 0.422 e. The van der Waals surface area contributed by atoms with Gasteiger partial charge in [-0.1, -0.05) is 83.7 Å². The number of carbonyl (C=O) groups is 12. The zero-order valence-electron chi connectivity index (χ0n) is 64.6. The van der Waals surface area contributed by atoms with E-state index in [2.05, 4.69) is 29.1 Å². The van der Waals surface area contributed by atoms with Crippen molar-refractivity contribution in [3.05, 3.63) is 90.0 Å². The minimum atomic E-state index is -5.42. The van der Waals surface area contributed by atoms with Crippen LogP contribution in [-0.2, 0) is 81.3 Å². The van der Waals surface area contributed by atoms with Crippen LogP contribution in [0.2, 0.25) is 0 Å². The number of hydrogen-bond donors (Lipinski definition) is 3. The van der Waals surface area contributed by atoms with E-state index in [1.165, 1.54) is 76.0 Å². The number of nitrogens with zero attached hydrogens (tertiary/aromatic N) is 9. The van der Waals surface area contributed by atoms with E-state index in [4.69, 9.17) is 9.47 Å². The summed E-state index contributed by atoms with van der Waals surface area (Å²) >= 11 is 0. The Morgan fingerprint density at radius 1 is 0.713 bits per heavy atom. The minimum Gasteiger partial charge on any atom is -0.490 e. The quantitative estimate of drug-likeness (QED) is 0.0818. The Morgan fingerprint density at radius 3 is 1.91 bits per heavy atom. The Bertz CT molecular complexity index is 3530. The number of amides is 12. The lowest BCUT2D eigenvalue weighted by Gasteiger charge is -2.42. The third-order valence-electron chi connectivity index (χ3n) is 21.3. The first-order valence-corrected chi connectivity index (χ1v) is 37.4. The molecule has 0 aromatic heterocycles. The molecule has 2 saturated heterocycles. The average Bonchev–Trinajstić information content (AvgIpc) is 1.52. The third-order valence-corrected chi connectivity index (χ3v) is 21.3. The number of halogens is 5. The lowest BCUT2D eigenvalue weighted by atomic mass is 9.90. The van der Waals surface area contributed by atoms with Crippen LogP contribution in [0.15, 0.2) is 61.7 Å². The van der Waals surface area contributed by atoms with E-state index in [9.17, 15) is 46.7 Å². The van der Waals surface area contributed by atoms with Crippen LogP contribution in [0, 0.1) is 23.5 Å². The summed E-state index contributed by atoms with van der Waals surface area (Å²) in [4.78, 5) is 191. The molecule has 6 rings (SSSR count). The molecular formula is C77H111F5N12O14. The zero-order valence-corrected chi connectivity index (χ0v) is 64.6. The van der Waals surface area contributed by atoms with Gasteiger partial charge in [-0.25, -0.2) is 8.78 Å². The number of fused-ring (bicyclic) bond motifs is 1. The Balaban J connectivity index is 1.50. The third kappa shape index (κ3) is 22.3. The molecule has 598 valence electrons. The number of allylic oxidation sites excluding steroid dienone is 1. The molecule has 31 heteroatoms. The lowest BCUT2D eigenvalue weighted by molar-refractivity contribution is -0.156. The molecule has 12 amide bonds. The number of alkyl halides is 3. The molecule has 1 spiro atoms. The molecule has 108 heavy (non-hydrogen) atoms. The van der Waals surface area contributed by atoms with Crippen LogP contribution in [0.5, 0.6) is 5.75 Å². The van der Waals surface area contributed by atoms with Crippen LogP contribution < -0.4 is 20.7 Å². The Kier molecular flexibility index (Phi) is 32.5. The highest BCUT2D eigenvalue weighted by Crippen LogP contribution is 2.38. The summed E-state index contributed by atoms with van der Waals surface area (Å²) in [5, 5.41) is 8.47. The van der Waals surface area contributed by atoms with Gasteiger partial charge in [0.15, 0.2) is 0 Å². The van der Waals surface area contributed by atoms with Crippen molar-refractivity contribution in [2.24, 2.45) is 11.8 Å². The summed E-state index contributed by atoms with van der Waals surface area (Å²) in [5.74, 6) is -13.8. The van der Waals surface area contributed by atoms with Crippen molar-refractivity contribution in [2.75, 3.05) is 102 Å². The van der Waals surface area contributed by atoms with E-state index in [-0.39, 0.29) is 70.4 Å². The van der Waals surface area contributed by atoms with E-state index in [1.807, 2.05) is 0 Å². The number of benzene rings is 2. The van der Waals surface area contributed by atoms with Crippen molar-refractivity contribution in [2.45, 2.75) is 203 Å². The van der Waals surface area contributed by atoms with Crippen LogP contribution in [0.3, 0.4) is 0 Å². The van der Waals surface area contributed by atoms with E-state index in [0.29, 0.717) is 81.2 Å². The van der Waals surface area contributed by atoms with Gasteiger partial charge >= 0.3 is 6.18 Å². The predicted octanol–water partition coefficient (Wildman–Crippen LogP) is 5.68. The molecule has 26 nitrogen and oxygen atoms in total. The van der Waals surface area contributed by atoms with Crippen LogP contribution in [0.1, 0.15) is 147 Å². The zero-order chi connectivity index (χ0) is 80.2. The second-order valence-corrected chi connectivity index (χ2v) is 29.3. The molecule has 0 bridgehead atoms. The summed E-state index contributed by atoms with van der Waals surface area (Å²) in [6.45, 7) is 12.2. The average molecular weight is 1520 g/mol. The van der Waals surface area contributed by atoms with Gasteiger partial charge in [0, 0.05) is 88.9 Å². The maximum atomic E-state index is 15.7. The van der Waals surface area contributed by atoms with Gasteiger partial charge < -0.3 is 69.5 Å². The number of hydrogen-bond acceptors (Lipinski definition) is 14. The maximum absolute atomic E-state index is 15.7. The summed E-state index contributed by atoms with van der Waals surface area (Å²) in [6.07, 6.45) is -0.440. The van der Waals surface area contributed by atoms with Crippen molar-refractivity contribution in [3.63, 3.8) is 0 Å². The summed E-state index contributed by atoms with van der Waals surface area (Å²) < 4.78 is 83.8. The number of unbranched alkanes of at least 4 members (excludes halogenated alkanes) is 1. The van der Waals surface area contributed by atoms with Gasteiger partial charge in [-0.15, -0.1) is 6.58 Å². The predicted molar refractivity (Wildman–Crippen MR) is 391 cm³/mol. The molecule has 2 saturated carbocycles. The van der Waals surface area contributed by atoms with E-state index >= 15 is 32.8 Å². The first-order valence-electron chi connectivity index (χ1n) is 37.4. The topological polar surface area (TPSA) is 289 Å². The molecule has 2 heterocycles. The number of ether oxygens (including phenoxy) is 2. The Labute approximate surface area is 630 Å². The Hall–Kier alpha value is -9.03. The molecule has 2 aliphatic carbocycles. The molecule has 9 atom stereocenters.